The van der Waals surface area contributed by atoms with E-state index in [0.717, 1.165) is 0 Å². The van der Waals surface area contributed by atoms with Crippen molar-refractivity contribution in [1.82, 2.24) is 4.90 Å². The lowest BCUT2D eigenvalue weighted by atomic mass is 10.4. The molecule has 0 aromatic carbocycles. The molecule has 0 aliphatic heterocycles. The topological polar surface area (TPSA) is 91.6 Å². The van der Waals surface area contributed by atoms with E-state index in [-0.39, 0.29) is 19.8 Å². The average molecular weight is 197 g/mol. The fourth-order valence-electron chi connectivity index (χ4n) is 0.845. The zero-order chi connectivity index (χ0) is 9.94. The van der Waals surface area contributed by atoms with Crippen LogP contribution in [0.2, 0.25) is 0 Å². The third kappa shape index (κ3) is 8.06. The van der Waals surface area contributed by atoms with Gasteiger partial charge in [0.15, 0.2) is 0 Å². The maximum absolute atomic E-state index is 8.08. The molecule has 0 bridgehead atoms. The average Bonchev–Trinajstić information content (AvgIpc) is 2.17. The second-order valence-electron chi connectivity index (χ2n) is 2.34. The van der Waals surface area contributed by atoms with Gasteiger partial charge in [-0.25, -0.2) is 14.7 Å². The fourth-order valence-corrected chi connectivity index (χ4v) is 0.845. The largest absolute Gasteiger partial charge is 0.296 e. The molecular weight excluding hydrogens is 182 g/mol. The summed E-state index contributed by atoms with van der Waals surface area (Å²) in [6.07, 6.45) is 0. The van der Waals surface area contributed by atoms with Crippen molar-refractivity contribution in [2.24, 2.45) is 0 Å². The minimum Gasteiger partial charge on any atom is -0.296 e. The highest BCUT2D eigenvalue weighted by molar-refractivity contribution is 4.55. The molecule has 0 aromatic rings. The standard InChI is InChI=1S/C6H15NO6/c8-11-4-1-7(2-5-12-9)3-6-13-10/h8-10H,1-6H2. The van der Waals surface area contributed by atoms with Gasteiger partial charge in [0, 0.05) is 19.6 Å². The van der Waals surface area contributed by atoms with Gasteiger partial charge in [0.2, 0.25) is 0 Å². The van der Waals surface area contributed by atoms with Crippen molar-refractivity contribution in [1.29, 1.82) is 0 Å². The first-order valence-electron chi connectivity index (χ1n) is 3.86. The van der Waals surface area contributed by atoms with Gasteiger partial charge in [0.1, 0.15) is 0 Å². The highest BCUT2D eigenvalue weighted by atomic mass is 17.1. The van der Waals surface area contributed by atoms with Crippen LogP contribution >= 0.6 is 0 Å². The van der Waals surface area contributed by atoms with Gasteiger partial charge in [-0.1, -0.05) is 0 Å². The molecule has 0 saturated carbocycles. The van der Waals surface area contributed by atoms with Crippen molar-refractivity contribution in [2.45, 2.75) is 0 Å². The number of hydrogen-bond donors (Lipinski definition) is 3. The van der Waals surface area contributed by atoms with Crippen LogP contribution in [0.1, 0.15) is 0 Å². The lowest BCUT2D eigenvalue weighted by molar-refractivity contribution is -0.258. The van der Waals surface area contributed by atoms with E-state index in [1.54, 1.807) is 4.90 Å². The van der Waals surface area contributed by atoms with Crippen LogP contribution in [0.4, 0.5) is 0 Å². The van der Waals surface area contributed by atoms with Crippen molar-refractivity contribution in [2.75, 3.05) is 39.5 Å². The van der Waals surface area contributed by atoms with Crippen LogP contribution in [0.3, 0.4) is 0 Å². The van der Waals surface area contributed by atoms with Gasteiger partial charge in [0.05, 0.1) is 19.8 Å². The molecule has 0 unspecified atom stereocenters. The molecule has 7 nitrogen and oxygen atoms in total. The molecule has 13 heavy (non-hydrogen) atoms. The molecule has 0 aliphatic carbocycles. The molecule has 0 amide bonds. The van der Waals surface area contributed by atoms with Crippen LogP contribution in [0.15, 0.2) is 0 Å². The second kappa shape index (κ2) is 9.81. The minimum atomic E-state index is 0.150. The molecule has 0 spiro atoms. The summed E-state index contributed by atoms with van der Waals surface area (Å²) in [7, 11) is 0. The lowest BCUT2D eigenvalue weighted by Crippen LogP contribution is -2.33. The van der Waals surface area contributed by atoms with Gasteiger partial charge in [-0.15, -0.1) is 0 Å². The third-order valence-electron chi connectivity index (χ3n) is 1.50. The van der Waals surface area contributed by atoms with Crippen LogP contribution < -0.4 is 0 Å². The van der Waals surface area contributed by atoms with E-state index in [9.17, 15) is 0 Å². The summed E-state index contributed by atoms with van der Waals surface area (Å²) in [5.41, 5.74) is 0. The summed E-state index contributed by atoms with van der Waals surface area (Å²) in [5, 5.41) is 24.2. The molecule has 0 rings (SSSR count). The van der Waals surface area contributed by atoms with E-state index in [2.05, 4.69) is 14.7 Å². The molecule has 7 heteroatoms. The maximum Gasteiger partial charge on any atom is 0.0946 e. The number of hydrogen-bond acceptors (Lipinski definition) is 7. The van der Waals surface area contributed by atoms with E-state index in [1.165, 1.54) is 0 Å². The van der Waals surface area contributed by atoms with Crippen LogP contribution in [0.5, 0.6) is 0 Å². The zero-order valence-electron chi connectivity index (χ0n) is 7.26. The smallest absolute Gasteiger partial charge is 0.0946 e. The predicted molar refractivity (Wildman–Crippen MR) is 42.2 cm³/mol. The Balaban J connectivity index is 3.47. The van der Waals surface area contributed by atoms with Crippen LogP contribution in [-0.2, 0) is 14.7 Å². The molecule has 3 N–H and O–H groups in total. The first-order chi connectivity index (χ1) is 6.35. The number of nitrogens with zero attached hydrogens (tertiary/aromatic N) is 1. The first kappa shape index (κ1) is 12.7. The van der Waals surface area contributed by atoms with Gasteiger partial charge in [-0.3, -0.25) is 20.7 Å². The van der Waals surface area contributed by atoms with Gasteiger partial charge in [0.25, 0.3) is 0 Å². The summed E-state index contributed by atoms with van der Waals surface area (Å²) in [5.74, 6) is 0. The Hall–Kier alpha value is -0.280. The monoisotopic (exact) mass is 197 g/mol. The van der Waals surface area contributed by atoms with Crippen LogP contribution in [-0.4, -0.2) is 60.1 Å². The van der Waals surface area contributed by atoms with Crippen LogP contribution in [0, 0.1) is 0 Å². The lowest BCUT2D eigenvalue weighted by Gasteiger charge is -2.19. The Bertz CT molecular complexity index is 84.1. The van der Waals surface area contributed by atoms with Crippen molar-refractivity contribution in [3.63, 3.8) is 0 Å². The zero-order valence-corrected chi connectivity index (χ0v) is 7.26. The molecule has 0 aromatic heterocycles. The van der Waals surface area contributed by atoms with Crippen molar-refractivity contribution in [3.8, 4) is 0 Å². The van der Waals surface area contributed by atoms with Gasteiger partial charge < -0.3 is 0 Å². The van der Waals surface area contributed by atoms with Gasteiger partial charge in [-0.05, 0) is 0 Å². The number of rotatable bonds is 9. The molecule has 0 atom stereocenters. The Morgan fingerprint density at radius 3 is 1.23 bits per heavy atom. The molecule has 80 valence electrons. The Morgan fingerprint density at radius 2 is 1.00 bits per heavy atom. The summed E-state index contributed by atoms with van der Waals surface area (Å²) in [4.78, 5) is 13.4. The molecule has 0 heterocycles. The van der Waals surface area contributed by atoms with E-state index < -0.39 is 0 Å². The SMILES string of the molecule is OOCCN(CCOO)CCOO. The van der Waals surface area contributed by atoms with E-state index in [4.69, 9.17) is 15.8 Å². The highest BCUT2D eigenvalue weighted by Gasteiger charge is 2.04. The van der Waals surface area contributed by atoms with E-state index >= 15 is 0 Å². The summed E-state index contributed by atoms with van der Waals surface area (Å²) in [6.45, 7) is 1.83. The van der Waals surface area contributed by atoms with Crippen molar-refractivity contribution in [3.05, 3.63) is 0 Å². The Labute approximate surface area is 75.8 Å². The Kier molecular flexibility index (Phi) is 9.59. The molecule has 0 fully saturated rings. The molecule has 0 saturated heterocycles. The van der Waals surface area contributed by atoms with Gasteiger partial charge in [-0.2, -0.15) is 0 Å². The predicted octanol–water partition coefficient (Wildman–Crippen LogP) is -0.243. The van der Waals surface area contributed by atoms with Crippen molar-refractivity contribution < 1.29 is 30.4 Å². The van der Waals surface area contributed by atoms with Crippen molar-refractivity contribution >= 4 is 0 Å². The quantitative estimate of drug-likeness (QED) is 0.347. The highest BCUT2D eigenvalue weighted by Crippen LogP contribution is 1.88. The molecular formula is C6H15NO6. The Morgan fingerprint density at radius 1 is 0.692 bits per heavy atom. The van der Waals surface area contributed by atoms with E-state index in [1.807, 2.05) is 0 Å². The second-order valence-corrected chi connectivity index (χ2v) is 2.34. The summed E-state index contributed by atoms with van der Waals surface area (Å²) in [6, 6.07) is 0. The van der Waals surface area contributed by atoms with Gasteiger partial charge >= 0.3 is 0 Å². The first-order valence-corrected chi connectivity index (χ1v) is 3.86. The molecule has 0 aliphatic rings. The van der Waals surface area contributed by atoms with Crippen LogP contribution in [0.25, 0.3) is 0 Å². The third-order valence-corrected chi connectivity index (χ3v) is 1.50. The fraction of sp³-hybridized carbons (Fsp3) is 1.00. The summed E-state index contributed by atoms with van der Waals surface area (Å²) < 4.78 is 0. The minimum absolute atomic E-state index is 0.150. The maximum atomic E-state index is 8.08. The van der Waals surface area contributed by atoms with E-state index in [0.29, 0.717) is 19.6 Å². The normalized spacial score (nSPS) is 11.1. The molecule has 0 radical (unpaired) electrons. The summed E-state index contributed by atoms with van der Waals surface area (Å²) >= 11 is 0.